The molecule has 4 nitrogen and oxygen atoms in total. The summed E-state index contributed by atoms with van der Waals surface area (Å²) in [4.78, 5) is 3.74. The molecule has 9 heteroatoms. The Balaban J connectivity index is 2.05. The summed E-state index contributed by atoms with van der Waals surface area (Å²) >= 11 is 0. The van der Waals surface area contributed by atoms with Gasteiger partial charge in [0, 0.05) is 11.6 Å². The van der Waals surface area contributed by atoms with Crippen molar-refractivity contribution in [3.8, 4) is 11.4 Å². The van der Waals surface area contributed by atoms with E-state index < -0.39 is 24.4 Å². The molecule has 0 aliphatic heterocycles. The lowest BCUT2D eigenvalue weighted by molar-refractivity contribution is -0.125. The Morgan fingerprint density at radius 2 is 1.75 bits per heavy atom. The fourth-order valence-electron chi connectivity index (χ4n) is 1.44. The summed E-state index contributed by atoms with van der Waals surface area (Å²) in [5.74, 6) is -1.86. The molecule has 0 amide bonds. The first-order valence-electron chi connectivity index (χ1n) is 5.40. The molecule has 0 spiro atoms. The van der Waals surface area contributed by atoms with E-state index in [1.165, 1.54) is 0 Å². The standard InChI is InChI=1S/C11H8F5N3O/c12-7-1-6(2-8(13)3-7)10-18-9(20-19-10)4-17-5-11(14,15)16/h1-3,17H,4-5H2. The molecule has 0 aliphatic carbocycles. The first-order chi connectivity index (χ1) is 9.33. The Morgan fingerprint density at radius 3 is 2.35 bits per heavy atom. The van der Waals surface area contributed by atoms with Crippen LogP contribution in [0.25, 0.3) is 11.4 Å². The normalized spacial score (nSPS) is 11.8. The first-order valence-corrected chi connectivity index (χ1v) is 5.40. The van der Waals surface area contributed by atoms with Crippen molar-refractivity contribution in [2.24, 2.45) is 0 Å². The van der Waals surface area contributed by atoms with Crippen LogP contribution in [0, 0.1) is 11.6 Å². The van der Waals surface area contributed by atoms with Crippen LogP contribution in [0.3, 0.4) is 0 Å². The minimum atomic E-state index is -4.35. The summed E-state index contributed by atoms with van der Waals surface area (Å²) in [6.45, 7) is -1.51. The zero-order valence-electron chi connectivity index (χ0n) is 9.84. The van der Waals surface area contributed by atoms with E-state index in [4.69, 9.17) is 0 Å². The Kier molecular flexibility index (Phi) is 3.98. The number of alkyl halides is 3. The summed E-state index contributed by atoms with van der Waals surface area (Å²) in [5, 5.41) is 5.50. The highest BCUT2D eigenvalue weighted by Gasteiger charge is 2.26. The van der Waals surface area contributed by atoms with E-state index in [0.29, 0.717) is 6.07 Å². The lowest BCUT2D eigenvalue weighted by Gasteiger charge is -2.05. The molecule has 0 bridgehead atoms. The van der Waals surface area contributed by atoms with Gasteiger partial charge in [0.25, 0.3) is 0 Å². The number of nitrogens with zero attached hydrogens (tertiary/aromatic N) is 2. The van der Waals surface area contributed by atoms with Gasteiger partial charge in [-0.05, 0) is 12.1 Å². The van der Waals surface area contributed by atoms with E-state index in [9.17, 15) is 22.0 Å². The lowest BCUT2D eigenvalue weighted by atomic mass is 10.2. The number of hydrogen-bond donors (Lipinski definition) is 1. The first kappa shape index (κ1) is 14.4. The largest absolute Gasteiger partial charge is 0.401 e. The molecule has 1 aromatic heterocycles. The fourth-order valence-corrected chi connectivity index (χ4v) is 1.44. The van der Waals surface area contributed by atoms with Crippen molar-refractivity contribution in [2.75, 3.05) is 6.54 Å². The van der Waals surface area contributed by atoms with E-state index in [-0.39, 0.29) is 23.8 Å². The number of halogens is 5. The highest BCUT2D eigenvalue weighted by Crippen LogP contribution is 2.19. The van der Waals surface area contributed by atoms with Crippen molar-refractivity contribution in [1.82, 2.24) is 15.5 Å². The molecule has 0 saturated carbocycles. The molecule has 0 atom stereocenters. The molecule has 2 rings (SSSR count). The van der Waals surface area contributed by atoms with Crippen molar-refractivity contribution in [3.05, 3.63) is 35.7 Å². The molecule has 0 fully saturated rings. The molecule has 1 N–H and O–H groups in total. The fraction of sp³-hybridized carbons (Fsp3) is 0.273. The van der Waals surface area contributed by atoms with Crippen molar-refractivity contribution < 1.29 is 26.5 Å². The Hall–Kier alpha value is -2.03. The molecule has 108 valence electrons. The van der Waals surface area contributed by atoms with Gasteiger partial charge in [-0.1, -0.05) is 5.16 Å². The Bertz CT molecular complexity index is 576. The maximum atomic E-state index is 13.0. The Labute approximate surface area is 109 Å². The van der Waals surface area contributed by atoms with Crippen LogP contribution in [0.15, 0.2) is 22.7 Å². The lowest BCUT2D eigenvalue weighted by Crippen LogP contribution is -2.28. The summed E-state index contributed by atoms with van der Waals surface area (Å²) in [7, 11) is 0. The van der Waals surface area contributed by atoms with Crippen LogP contribution in [0.1, 0.15) is 5.89 Å². The molecule has 0 aliphatic rings. The third-order valence-electron chi connectivity index (χ3n) is 2.19. The van der Waals surface area contributed by atoms with Gasteiger partial charge in [0.2, 0.25) is 11.7 Å². The molecule has 0 unspecified atom stereocenters. The number of hydrogen-bond acceptors (Lipinski definition) is 4. The maximum Gasteiger partial charge on any atom is 0.401 e. The van der Waals surface area contributed by atoms with Gasteiger partial charge < -0.3 is 9.84 Å². The third kappa shape index (κ3) is 3.98. The summed E-state index contributed by atoms with van der Waals surface area (Å²) in [6, 6.07) is 2.65. The maximum absolute atomic E-state index is 13.0. The molecule has 1 aromatic carbocycles. The van der Waals surface area contributed by atoms with Gasteiger partial charge in [0.05, 0.1) is 13.1 Å². The van der Waals surface area contributed by atoms with Crippen molar-refractivity contribution in [1.29, 1.82) is 0 Å². The van der Waals surface area contributed by atoms with Gasteiger partial charge in [0.15, 0.2) is 0 Å². The van der Waals surface area contributed by atoms with Gasteiger partial charge in [-0.15, -0.1) is 0 Å². The zero-order chi connectivity index (χ0) is 14.8. The van der Waals surface area contributed by atoms with Crippen molar-refractivity contribution in [3.63, 3.8) is 0 Å². The molecule has 0 radical (unpaired) electrons. The molecular weight excluding hydrogens is 285 g/mol. The van der Waals surface area contributed by atoms with Crippen LogP contribution in [-0.2, 0) is 6.54 Å². The van der Waals surface area contributed by atoms with Crippen LogP contribution in [0.2, 0.25) is 0 Å². The average Bonchev–Trinajstić information content (AvgIpc) is 2.74. The van der Waals surface area contributed by atoms with Gasteiger partial charge in [-0.2, -0.15) is 18.2 Å². The van der Waals surface area contributed by atoms with Crippen LogP contribution in [0.4, 0.5) is 22.0 Å². The number of benzene rings is 1. The van der Waals surface area contributed by atoms with E-state index in [0.717, 1.165) is 12.1 Å². The number of nitrogens with one attached hydrogen (secondary N) is 1. The van der Waals surface area contributed by atoms with Crippen LogP contribution < -0.4 is 5.32 Å². The van der Waals surface area contributed by atoms with E-state index in [2.05, 4.69) is 20.0 Å². The SMILES string of the molecule is Fc1cc(F)cc(-c2noc(CNCC(F)(F)F)n2)c1. The van der Waals surface area contributed by atoms with Gasteiger partial charge in [-0.25, -0.2) is 8.78 Å². The zero-order valence-corrected chi connectivity index (χ0v) is 9.84. The monoisotopic (exact) mass is 293 g/mol. The smallest absolute Gasteiger partial charge is 0.338 e. The van der Waals surface area contributed by atoms with Crippen LogP contribution in [-0.4, -0.2) is 22.9 Å². The second kappa shape index (κ2) is 5.53. The van der Waals surface area contributed by atoms with E-state index >= 15 is 0 Å². The second-order valence-electron chi connectivity index (χ2n) is 3.89. The van der Waals surface area contributed by atoms with Gasteiger partial charge in [-0.3, -0.25) is 0 Å². The van der Waals surface area contributed by atoms with E-state index in [1.807, 2.05) is 0 Å². The molecular formula is C11H8F5N3O. The summed E-state index contributed by atoms with van der Waals surface area (Å²) in [5.41, 5.74) is 0.0355. The van der Waals surface area contributed by atoms with Crippen LogP contribution in [0.5, 0.6) is 0 Å². The van der Waals surface area contributed by atoms with Gasteiger partial charge in [0.1, 0.15) is 11.6 Å². The quantitative estimate of drug-likeness (QED) is 0.881. The topological polar surface area (TPSA) is 51.0 Å². The highest BCUT2D eigenvalue weighted by molar-refractivity contribution is 5.54. The predicted octanol–water partition coefficient (Wildman–Crippen LogP) is 2.67. The molecule has 20 heavy (non-hydrogen) atoms. The predicted molar refractivity (Wildman–Crippen MR) is 57.4 cm³/mol. The molecule has 0 saturated heterocycles. The van der Waals surface area contributed by atoms with Crippen molar-refractivity contribution >= 4 is 0 Å². The molecule has 2 aromatic rings. The average molecular weight is 293 g/mol. The number of rotatable bonds is 4. The van der Waals surface area contributed by atoms with E-state index in [1.54, 1.807) is 0 Å². The summed E-state index contributed by atoms with van der Waals surface area (Å²) in [6.07, 6.45) is -4.35. The summed E-state index contributed by atoms with van der Waals surface area (Å²) < 4.78 is 66.4. The number of aromatic nitrogens is 2. The van der Waals surface area contributed by atoms with Crippen LogP contribution >= 0.6 is 0 Å². The van der Waals surface area contributed by atoms with Gasteiger partial charge >= 0.3 is 6.18 Å². The highest BCUT2D eigenvalue weighted by atomic mass is 19.4. The Morgan fingerprint density at radius 1 is 1.10 bits per heavy atom. The second-order valence-corrected chi connectivity index (χ2v) is 3.89. The minimum Gasteiger partial charge on any atom is -0.338 e. The third-order valence-corrected chi connectivity index (χ3v) is 2.19. The minimum absolute atomic E-state index is 0.0355. The van der Waals surface area contributed by atoms with Crippen molar-refractivity contribution in [2.45, 2.75) is 12.7 Å². The molecule has 1 heterocycles.